The summed E-state index contributed by atoms with van der Waals surface area (Å²) in [6.45, 7) is 5.99. The molecule has 1 aliphatic heterocycles. The molecule has 0 aromatic carbocycles. The molecule has 3 aromatic heterocycles. The van der Waals surface area contributed by atoms with Crippen LogP contribution in [-0.2, 0) is 13.1 Å². The van der Waals surface area contributed by atoms with E-state index < -0.39 is 0 Å². The number of rotatable bonds is 5. The molecule has 6 heteroatoms. The second-order valence-corrected chi connectivity index (χ2v) is 7.84. The summed E-state index contributed by atoms with van der Waals surface area (Å²) in [6.07, 6.45) is 6.08. The highest BCUT2D eigenvalue weighted by Gasteiger charge is 2.19. The number of fused-ring (bicyclic) bond motifs is 1. The molecule has 4 heterocycles. The Morgan fingerprint density at radius 1 is 1.40 bits per heavy atom. The number of aromatic amines is 1. The molecule has 0 bridgehead atoms. The van der Waals surface area contributed by atoms with Gasteiger partial charge in [-0.3, -0.25) is 14.7 Å². The van der Waals surface area contributed by atoms with Gasteiger partial charge in [-0.05, 0) is 50.6 Å². The minimum Gasteiger partial charge on any atom is -0.350 e. The lowest BCUT2D eigenvalue weighted by molar-refractivity contribution is 0.0946. The van der Waals surface area contributed by atoms with Gasteiger partial charge in [0.15, 0.2) is 0 Å². The number of aromatic nitrogens is 2. The van der Waals surface area contributed by atoms with Crippen LogP contribution in [0.5, 0.6) is 0 Å². The van der Waals surface area contributed by atoms with Gasteiger partial charge in [-0.15, -0.1) is 11.3 Å². The molecule has 2 N–H and O–H groups in total. The number of pyridine rings is 1. The average molecular weight is 354 g/mol. The zero-order valence-electron chi connectivity index (χ0n) is 14.3. The van der Waals surface area contributed by atoms with E-state index in [-0.39, 0.29) is 5.91 Å². The number of hydrogen-bond acceptors (Lipinski definition) is 4. The highest BCUT2D eigenvalue weighted by molar-refractivity contribution is 7.19. The number of nitrogens with one attached hydrogen (secondary N) is 2. The first-order chi connectivity index (χ1) is 12.2. The zero-order valence-corrected chi connectivity index (χ0v) is 15.2. The summed E-state index contributed by atoms with van der Waals surface area (Å²) in [4.78, 5) is 23.7. The molecule has 1 saturated heterocycles. The first-order valence-electron chi connectivity index (χ1n) is 8.71. The number of H-pyrrole nitrogens is 1. The molecule has 0 spiro atoms. The summed E-state index contributed by atoms with van der Waals surface area (Å²) in [5, 5.41) is 2.96. The Kier molecular flexibility index (Phi) is 4.55. The van der Waals surface area contributed by atoms with E-state index in [1.54, 1.807) is 23.7 Å². The number of amides is 1. The fraction of sp³-hybridized carbons (Fsp3) is 0.368. The van der Waals surface area contributed by atoms with Crippen molar-refractivity contribution in [1.29, 1.82) is 0 Å². The minimum atomic E-state index is -0.0722. The fourth-order valence-electron chi connectivity index (χ4n) is 3.40. The summed E-state index contributed by atoms with van der Waals surface area (Å²) in [7, 11) is 0. The van der Waals surface area contributed by atoms with Gasteiger partial charge in [0.1, 0.15) is 5.69 Å². The number of hydrogen-bond donors (Lipinski definition) is 2. The van der Waals surface area contributed by atoms with Crippen molar-refractivity contribution < 1.29 is 4.79 Å². The van der Waals surface area contributed by atoms with Crippen LogP contribution in [0, 0.1) is 6.92 Å². The second kappa shape index (κ2) is 6.98. The van der Waals surface area contributed by atoms with Gasteiger partial charge in [0, 0.05) is 35.9 Å². The maximum Gasteiger partial charge on any atom is 0.268 e. The van der Waals surface area contributed by atoms with E-state index in [9.17, 15) is 4.79 Å². The molecule has 25 heavy (non-hydrogen) atoms. The highest BCUT2D eigenvalue weighted by atomic mass is 32.1. The van der Waals surface area contributed by atoms with Crippen LogP contribution in [0.4, 0.5) is 0 Å². The summed E-state index contributed by atoms with van der Waals surface area (Å²) in [6, 6.07) is 5.80. The predicted molar refractivity (Wildman–Crippen MR) is 101 cm³/mol. The molecular formula is C19H22N4OS. The van der Waals surface area contributed by atoms with E-state index in [2.05, 4.69) is 27.1 Å². The second-order valence-electron chi connectivity index (χ2n) is 6.59. The smallest absolute Gasteiger partial charge is 0.268 e. The van der Waals surface area contributed by atoms with Crippen molar-refractivity contribution in [3.63, 3.8) is 0 Å². The zero-order chi connectivity index (χ0) is 17.2. The molecule has 1 amide bonds. The SMILES string of the molecule is Cc1sc2cc(C(=O)NCc3cccnc3)[nH]c2c1CN1CCCC1. The molecule has 0 saturated carbocycles. The van der Waals surface area contributed by atoms with E-state index >= 15 is 0 Å². The fourth-order valence-corrected chi connectivity index (χ4v) is 4.47. The Labute approximate surface area is 151 Å². The maximum absolute atomic E-state index is 12.5. The Bertz CT molecular complexity index is 878. The number of carbonyl (C=O) groups excluding carboxylic acids is 1. The van der Waals surface area contributed by atoms with Crippen LogP contribution in [-0.4, -0.2) is 33.9 Å². The van der Waals surface area contributed by atoms with Gasteiger partial charge in [-0.25, -0.2) is 0 Å². The van der Waals surface area contributed by atoms with Gasteiger partial charge in [-0.2, -0.15) is 0 Å². The predicted octanol–water partition coefficient (Wildman–Crippen LogP) is 3.46. The lowest BCUT2D eigenvalue weighted by atomic mass is 10.2. The van der Waals surface area contributed by atoms with Gasteiger partial charge in [0.2, 0.25) is 0 Å². The number of nitrogens with zero attached hydrogens (tertiary/aromatic N) is 2. The molecule has 1 aliphatic rings. The molecule has 0 unspecified atom stereocenters. The van der Waals surface area contributed by atoms with Crippen LogP contribution < -0.4 is 5.32 Å². The maximum atomic E-state index is 12.5. The van der Waals surface area contributed by atoms with Crippen LogP contribution >= 0.6 is 11.3 Å². The van der Waals surface area contributed by atoms with Crippen molar-refractivity contribution in [3.05, 3.63) is 52.3 Å². The summed E-state index contributed by atoms with van der Waals surface area (Å²) in [5.74, 6) is -0.0722. The molecule has 0 radical (unpaired) electrons. The van der Waals surface area contributed by atoms with Gasteiger partial charge in [-0.1, -0.05) is 6.07 Å². The third-order valence-electron chi connectivity index (χ3n) is 4.77. The highest BCUT2D eigenvalue weighted by Crippen LogP contribution is 2.32. The van der Waals surface area contributed by atoms with Crippen LogP contribution in [0.3, 0.4) is 0 Å². The lowest BCUT2D eigenvalue weighted by Crippen LogP contribution is -2.23. The van der Waals surface area contributed by atoms with E-state index in [1.165, 1.54) is 41.1 Å². The van der Waals surface area contributed by atoms with E-state index in [0.29, 0.717) is 12.2 Å². The quantitative estimate of drug-likeness (QED) is 0.738. The monoisotopic (exact) mass is 354 g/mol. The van der Waals surface area contributed by atoms with Gasteiger partial charge in [0.05, 0.1) is 10.2 Å². The largest absolute Gasteiger partial charge is 0.350 e. The Morgan fingerprint density at radius 3 is 3.00 bits per heavy atom. The summed E-state index contributed by atoms with van der Waals surface area (Å²) >= 11 is 1.77. The summed E-state index contributed by atoms with van der Waals surface area (Å²) < 4.78 is 1.17. The average Bonchev–Trinajstić information content (AvgIpc) is 3.33. The molecule has 0 aliphatic carbocycles. The molecular weight excluding hydrogens is 332 g/mol. The number of carbonyl (C=O) groups is 1. The van der Waals surface area contributed by atoms with Crippen molar-refractivity contribution in [2.75, 3.05) is 13.1 Å². The summed E-state index contributed by atoms with van der Waals surface area (Å²) in [5.41, 5.74) is 4.09. The first kappa shape index (κ1) is 16.3. The Balaban J connectivity index is 1.50. The van der Waals surface area contributed by atoms with Crippen LogP contribution in [0.15, 0.2) is 30.6 Å². The van der Waals surface area contributed by atoms with Crippen molar-refractivity contribution in [2.45, 2.75) is 32.9 Å². The van der Waals surface area contributed by atoms with E-state index in [1.807, 2.05) is 18.2 Å². The third kappa shape index (κ3) is 3.45. The lowest BCUT2D eigenvalue weighted by Gasteiger charge is -2.14. The minimum absolute atomic E-state index is 0.0722. The van der Waals surface area contributed by atoms with E-state index in [0.717, 1.165) is 17.6 Å². The van der Waals surface area contributed by atoms with Crippen LogP contribution in [0.2, 0.25) is 0 Å². The van der Waals surface area contributed by atoms with Crippen molar-refractivity contribution in [3.8, 4) is 0 Å². The Morgan fingerprint density at radius 2 is 2.24 bits per heavy atom. The topological polar surface area (TPSA) is 61.0 Å². The van der Waals surface area contributed by atoms with E-state index in [4.69, 9.17) is 0 Å². The number of likely N-dealkylation sites (tertiary alicyclic amines) is 1. The van der Waals surface area contributed by atoms with Gasteiger partial charge in [0.25, 0.3) is 5.91 Å². The van der Waals surface area contributed by atoms with Crippen LogP contribution in [0.25, 0.3) is 10.2 Å². The number of aryl methyl sites for hydroxylation is 1. The van der Waals surface area contributed by atoms with Gasteiger partial charge >= 0.3 is 0 Å². The number of thiophene rings is 1. The molecule has 3 aromatic rings. The van der Waals surface area contributed by atoms with Crippen molar-refractivity contribution in [2.24, 2.45) is 0 Å². The standard InChI is InChI=1S/C19H22N4OS/c1-13-15(12-23-7-2-3-8-23)18-17(25-13)9-16(22-18)19(24)21-11-14-5-4-6-20-10-14/h4-6,9-10,22H,2-3,7-8,11-12H2,1H3,(H,21,24). The molecule has 130 valence electrons. The molecule has 0 atom stereocenters. The van der Waals surface area contributed by atoms with Crippen LogP contribution in [0.1, 0.15) is 39.3 Å². The molecule has 5 nitrogen and oxygen atoms in total. The van der Waals surface area contributed by atoms with Crippen molar-refractivity contribution >= 4 is 27.5 Å². The Hall–Kier alpha value is -2.18. The molecule has 1 fully saturated rings. The normalized spacial score (nSPS) is 15.1. The van der Waals surface area contributed by atoms with Gasteiger partial charge < -0.3 is 10.3 Å². The molecule has 4 rings (SSSR count). The van der Waals surface area contributed by atoms with Crippen molar-refractivity contribution in [1.82, 2.24) is 20.2 Å². The first-order valence-corrected chi connectivity index (χ1v) is 9.53. The third-order valence-corrected chi connectivity index (χ3v) is 5.87.